The lowest BCUT2D eigenvalue weighted by Gasteiger charge is -2.12. The molecule has 0 spiro atoms. The zero-order valence-electron chi connectivity index (χ0n) is 14.3. The normalized spacial score (nSPS) is 15.3. The SMILES string of the molecule is CC(C)(C)c1nsc(NCCCc2nnc3n2CCCCC3)n1. The Morgan fingerprint density at radius 1 is 1.17 bits per heavy atom. The third kappa shape index (κ3) is 4.07. The fourth-order valence-electron chi connectivity index (χ4n) is 2.77. The average Bonchev–Trinajstić information content (AvgIpc) is 3.05. The second-order valence-electron chi connectivity index (χ2n) is 7.20. The minimum absolute atomic E-state index is 0.00944. The summed E-state index contributed by atoms with van der Waals surface area (Å²) in [7, 11) is 0. The van der Waals surface area contributed by atoms with Crippen LogP contribution >= 0.6 is 11.5 Å². The van der Waals surface area contributed by atoms with Gasteiger partial charge in [-0.15, -0.1) is 10.2 Å². The van der Waals surface area contributed by atoms with E-state index in [9.17, 15) is 0 Å². The zero-order chi connectivity index (χ0) is 16.3. The first kappa shape index (κ1) is 16.4. The Balaban J connectivity index is 1.49. The van der Waals surface area contributed by atoms with Gasteiger partial charge in [-0.2, -0.15) is 4.37 Å². The highest BCUT2D eigenvalue weighted by molar-refractivity contribution is 7.09. The van der Waals surface area contributed by atoms with Gasteiger partial charge in [0, 0.05) is 42.9 Å². The summed E-state index contributed by atoms with van der Waals surface area (Å²) in [6, 6.07) is 0. The minimum atomic E-state index is 0.00944. The Hall–Kier alpha value is -1.50. The second-order valence-corrected chi connectivity index (χ2v) is 7.95. The quantitative estimate of drug-likeness (QED) is 0.851. The molecule has 1 aliphatic heterocycles. The van der Waals surface area contributed by atoms with Gasteiger partial charge in [0.25, 0.3) is 0 Å². The number of nitrogens with zero attached hydrogens (tertiary/aromatic N) is 5. The predicted octanol–water partition coefficient (Wildman–Crippen LogP) is 3.20. The molecule has 0 unspecified atom stereocenters. The van der Waals surface area contributed by atoms with Crippen LogP contribution in [0.5, 0.6) is 0 Å². The van der Waals surface area contributed by atoms with Crippen LogP contribution in [0.25, 0.3) is 0 Å². The van der Waals surface area contributed by atoms with E-state index in [1.54, 1.807) is 0 Å². The number of hydrogen-bond acceptors (Lipinski definition) is 6. The third-order valence-electron chi connectivity index (χ3n) is 4.14. The fourth-order valence-corrected chi connectivity index (χ4v) is 3.55. The van der Waals surface area contributed by atoms with Crippen LogP contribution in [0.3, 0.4) is 0 Å². The molecule has 0 bridgehead atoms. The maximum atomic E-state index is 4.56. The first-order valence-corrected chi connectivity index (χ1v) is 9.30. The van der Waals surface area contributed by atoms with E-state index in [0.717, 1.165) is 49.1 Å². The van der Waals surface area contributed by atoms with Crippen molar-refractivity contribution in [2.45, 2.75) is 71.3 Å². The van der Waals surface area contributed by atoms with Gasteiger partial charge in [-0.05, 0) is 19.3 Å². The van der Waals surface area contributed by atoms with Crippen molar-refractivity contribution in [1.29, 1.82) is 0 Å². The van der Waals surface area contributed by atoms with E-state index in [0.29, 0.717) is 0 Å². The number of fused-ring (bicyclic) bond motifs is 1. The van der Waals surface area contributed by atoms with E-state index in [2.05, 4.69) is 50.2 Å². The highest BCUT2D eigenvalue weighted by Crippen LogP contribution is 2.23. The molecule has 1 N–H and O–H groups in total. The van der Waals surface area contributed by atoms with Crippen LogP contribution in [0.15, 0.2) is 0 Å². The largest absolute Gasteiger partial charge is 0.360 e. The molecule has 2 aromatic heterocycles. The smallest absolute Gasteiger partial charge is 0.202 e. The van der Waals surface area contributed by atoms with Gasteiger partial charge in [0.15, 0.2) is 0 Å². The van der Waals surface area contributed by atoms with Gasteiger partial charge in [-0.25, -0.2) is 4.98 Å². The molecule has 0 saturated carbocycles. The van der Waals surface area contributed by atoms with E-state index < -0.39 is 0 Å². The van der Waals surface area contributed by atoms with Gasteiger partial charge in [0.2, 0.25) is 5.13 Å². The Kier molecular flexibility index (Phi) is 4.94. The van der Waals surface area contributed by atoms with Gasteiger partial charge in [0.05, 0.1) is 0 Å². The number of rotatable bonds is 5. The van der Waals surface area contributed by atoms with E-state index >= 15 is 0 Å². The molecule has 1 aliphatic rings. The molecule has 0 atom stereocenters. The van der Waals surface area contributed by atoms with Crippen LogP contribution in [0, 0.1) is 0 Å². The summed E-state index contributed by atoms with van der Waals surface area (Å²) in [5.74, 6) is 3.22. The number of aromatic nitrogens is 5. The van der Waals surface area contributed by atoms with Crippen molar-refractivity contribution in [3.05, 3.63) is 17.5 Å². The molecule has 23 heavy (non-hydrogen) atoms. The van der Waals surface area contributed by atoms with E-state index in [1.807, 2.05) is 0 Å². The van der Waals surface area contributed by atoms with Crippen LogP contribution in [0.1, 0.15) is 63.9 Å². The highest BCUT2D eigenvalue weighted by atomic mass is 32.1. The van der Waals surface area contributed by atoms with Crippen molar-refractivity contribution < 1.29 is 0 Å². The molecule has 0 aromatic carbocycles. The van der Waals surface area contributed by atoms with Crippen molar-refractivity contribution in [2.24, 2.45) is 0 Å². The van der Waals surface area contributed by atoms with Crippen molar-refractivity contribution in [3.8, 4) is 0 Å². The van der Waals surface area contributed by atoms with Gasteiger partial charge in [-0.3, -0.25) is 0 Å². The minimum Gasteiger partial charge on any atom is -0.360 e. The molecule has 0 radical (unpaired) electrons. The Morgan fingerprint density at radius 3 is 2.83 bits per heavy atom. The average molecular weight is 334 g/mol. The molecule has 2 aromatic rings. The predicted molar refractivity (Wildman–Crippen MR) is 93.0 cm³/mol. The van der Waals surface area contributed by atoms with Crippen LogP contribution in [0.2, 0.25) is 0 Å². The molecule has 126 valence electrons. The van der Waals surface area contributed by atoms with Crippen LogP contribution in [-0.2, 0) is 24.8 Å². The highest BCUT2D eigenvalue weighted by Gasteiger charge is 2.19. The van der Waals surface area contributed by atoms with Gasteiger partial charge in [-0.1, -0.05) is 27.2 Å². The van der Waals surface area contributed by atoms with E-state index in [1.165, 1.54) is 36.6 Å². The lowest BCUT2D eigenvalue weighted by Crippen LogP contribution is -2.13. The van der Waals surface area contributed by atoms with Crippen molar-refractivity contribution >= 4 is 16.7 Å². The number of nitrogens with one attached hydrogen (secondary N) is 1. The molecule has 0 aliphatic carbocycles. The Bertz CT molecular complexity index is 639. The van der Waals surface area contributed by atoms with E-state index in [4.69, 9.17) is 0 Å². The van der Waals surface area contributed by atoms with Crippen LogP contribution < -0.4 is 5.32 Å². The molecule has 7 heteroatoms. The topological polar surface area (TPSA) is 68.5 Å². The maximum Gasteiger partial charge on any atom is 0.202 e. The number of anilines is 1. The van der Waals surface area contributed by atoms with Gasteiger partial charge >= 0.3 is 0 Å². The van der Waals surface area contributed by atoms with Gasteiger partial charge < -0.3 is 9.88 Å². The van der Waals surface area contributed by atoms with Crippen LogP contribution in [0.4, 0.5) is 5.13 Å². The zero-order valence-corrected chi connectivity index (χ0v) is 15.1. The van der Waals surface area contributed by atoms with Gasteiger partial charge in [0.1, 0.15) is 17.5 Å². The first-order valence-electron chi connectivity index (χ1n) is 8.53. The fraction of sp³-hybridized carbons (Fsp3) is 0.750. The molecule has 0 saturated heterocycles. The molecular weight excluding hydrogens is 308 g/mol. The summed E-state index contributed by atoms with van der Waals surface area (Å²) in [4.78, 5) is 4.56. The molecule has 0 amide bonds. The summed E-state index contributed by atoms with van der Waals surface area (Å²) in [5, 5.41) is 13.0. The van der Waals surface area contributed by atoms with Crippen LogP contribution in [-0.4, -0.2) is 30.7 Å². The molecule has 0 fully saturated rings. The standard InChI is InChI=1S/C16H26N6S/c1-16(2,3)14-18-15(23-21-14)17-10-7-9-13-20-19-12-8-5-4-6-11-22(12)13/h4-11H2,1-3H3,(H,17,18,21). The second kappa shape index (κ2) is 6.95. The summed E-state index contributed by atoms with van der Waals surface area (Å²) < 4.78 is 6.75. The summed E-state index contributed by atoms with van der Waals surface area (Å²) in [6.07, 6.45) is 6.86. The van der Waals surface area contributed by atoms with Crippen molar-refractivity contribution in [3.63, 3.8) is 0 Å². The van der Waals surface area contributed by atoms with E-state index in [-0.39, 0.29) is 5.41 Å². The molecule has 3 rings (SSSR count). The molecule has 3 heterocycles. The Morgan fingerprint density at radius 2 is 2.04 bits per heavy atom. The molecular formula is C16H26N6S. The lowest BCUT2D eigenvalue weighted by atomic mass is 9.96. The number of hydrogen-bond donors (Lipinski definition) is 1. The Labute approximate surface area is 141 Å². The molecule has 6 nitrogen and oxygen atoms in total. The summed E-state index contributed by atoms with van der Waals surface area (Å²) in [5.41, 5.74) is 0.00944. The summed E-state index contributed by atoms with van der Waals surface area (Å²) >= 11 is 1.44. The first-order chi connectivity index (χ1) is 11.0. The van der Waals surface area contributed by atoms with Crippen molar-refractivity contribution in [2.75, 3.05) is 11.9 Å². The third-order valence-corrected chi connectivity index (χ3v) is 4.81. The number of aryl methyl sites for hydroxylation is 2. The monoisotopic (exact) mass is 334 g/mol. The summed E-state index contributed by atoms with van der Waals surface area (Å²) in [6.45, 7) is 8.37. The van der Waals surface area contributed by atoms with Crippen molar-refractivity contribution in [1.82, 2.24) is 24.1 Å². The lowest BCUT2D eigenvalue weighted by molar-refractivity contribution is 0.555. The maximum absolute atomic E-state index is 4.56.